The van der Waals surface area contributed by atoms with E-state index in [0.29, 0.717) is 29.1 Å². The molecule has 0 fully saturated rings. The van der Waals surface area contributed by atoms with Gasteiger partial charge in [0.1, 0.15) is 6.61 Å². The first-order chi connectivity index (χ1) is 14.6. The zero-order chi connectivity index (χ0) is 20.9. The van der Waals surface area contributed by atoms with E-state index in [-0.39, 0.29) is 0 Å². The van der Waals surface area contributed by atoms with E-state index in [2.05, 4.69) is 15.5 Å². The Morgan fingerprint density at radius 2 is 1.87 bits per heavy atom. The lowest BCUT2D eigenvalue weighted by molar-refractivity contribution is 0.284. The van der Waals surface area contributed by atoms with Gasteiger partial charge in [-0.05, 0) is 53.6 Å². The van der Waals surface area contributed by atoms with Crippen molar-refractivity contribution in [3.8, 4) is 11.5 Å². The number of nitrogens with zero attached hydrogens (tertiary/aromatic N) is 3. The van der Waals surface area contributed by atoms with E-state index < -0.39 is 0 Å². The fourth-order valence-electron chi connectivity index (χ4n) is 3.04. The van der Waals surface area contributed by atoms with E-state index in [4.69, 9.17) is 21.1 Å². The minimum Gasteiger partial charge on any atom is -0.493 e. The van der Waals surface area contributed by atoms with Crippen molar-refractivity contribution < 1.29 is 9.47 Å². The molecule has 0 bridgehead atoms. The van der Waals surface area contributed by atoms with E-state index in [1.807, 2.05) is 78.3 Å². The Bertz CT molecular complexity index is 1190. The monoisotopic (exact) mass is 420 g/mol. The van der Waals surface area contributed by atoms with Gasteiger partial charge in [-0.15, -0.1) is 0 Å². The summed E-state index contributed by atoms with van der Waals surface area (Å²) in [4.78, 5) is 4.53. The van der Waals surface area contributed by atoms with Gasteiger partial charge in [-0.1, -0.05) is 35.9 Å². The van der Waals surface area contributed by atoms with Crippen LogP contribution in [-0.4, -0.2) is 22.9 Å². The van der Waals surface area contributed by atoms with Gasteiger partial charge in [-0.2, -0.15) is 5.10 Å². The van der Waals surface area contributed by atoms with Gasteiger partial charge in [0.25, 0.3) is 0 Å². The Balaban J connectivity index is 1.44. The Morgan fingerprint density at radius 3 is 2.63 bits per heavy atom. The highest BCUT2D eigenvalue weighted by molar-refractivity contribution is 6.30. The predicted molar refractivity (Wildman–Crippen MR) is 121 cm³/mol. The van der Waals surface area contributed by atoms with Crippen LogP contribution in [0.2, 0.25) is 5.02 Å². The molecule has 7 heteroatoms. The van der Waals surface area contributed by atoms with E-state index >= 15 is 0 Å². The molecule has 1 heterocycles. The van der Waals surface area contributed by atoms with Crippen molar-refractivity contribution in [1.29, 1.82) is 0 Å². The fourth-order valence-corrected chi connectivity index (χ4v) is 3.16. The number of imidazole rings is 1. The Kier molecular flexibility index (Phi) is 5.86. The highest BCUT2D eigenvalue weighted by Crippen LogP contribution is 2.28. The van der Waals surface area contributed by atoms with Crippen LogP contribution in [-0.2, 0) is 13.7 Å². The van der Waals surface area contributed by atoms with Crippen molar-refractivity contribution in [2.75, 3.05) is 12.5 Å². The first-order valence-electron chi connectivity index (χ1n) is 9.40. The molecule has 0 radical (unpaired) electrons. The number of halogens is 1. The summed E-state index contributed by atoms with van der Waals surface area (Å²) in [5.74, 6) is 1.96. The second kappa shape index (κ2) is 8.88. The number of para-hydroxylation sites is 2. The lowest BCUT2D eigenvalue weighted by atomic mass is 10.2. The SMILES string of the molecule is COc1cc(/C=N\Nc2nc3ccccc3n2C)ccc1OCc1ccc(Cl)cc1. The topological polar surface area (TPSA) is 60.7 Å². The van der Waals surface area contributed by atoms with Gasteiger partial charge < -0.3 is 14.0 Å². The summed E-state index contributed by atoms with van der Waals surface area (Å²) < 4.78 is 13.3. The molecule has 0 aliphatic rings. The van der Waals surface area contributed by atoms with Crippen molar-refractivity contribution in [2.45, 2.75) is 6.61 Å². The molecule has 0 amide bonds. The molecule has 1 N–H and O–H groups in total. The van der Waals surface area contributed by atoms with E-state index in [1.54, 1.807) is 13.3 Å². The normalized spacial score (nSPS) is 11.2. The molecule has 0 atom stereocenters. The standard InChI is InChI=1S/C23H21ClN4O2/c1-28-20-6-4-3-5-19(20)26-23(28)27-25-14-17-9-12-21(22(13-17)29-2)30-15-16-7-10-18(24)11-8-16/h3-14H,15H2,1-2H3,(H,26,27)/b25-14-. The van der Waals surface area contributed by atoms with Gasteiger partial charge in [0.15, 0.2) is 11.5 Å². The average Bonchev–Trinajstić information content (AvgIpc) is 3.09. The quantitative estimate of drug-likeness (QED) is 0.327. The van der Waals surface area contributed by atoms with E-state index in [9.17, 15) is 0 Å². The number of rotatable bonds is 7. The highest BCUT2D eigenvalue weighted by Gasteiger charge is 2.07. The van der Waals surface area contributed by atoms with Gasteiger partial charge >= 0.3 is 0 Å². The van der Waals surface area contributed by atoms with Crippen LogP contribution in [0.1, 0.15) is 11.1 Å². The highest BCUT2D eigenvalue weighted by atomic mass is 35.5. The summed E-state index contributed by atoms with van der Waals surface area (Å²) in [5, 5.41) is 5.01. The van der Waals surface area contributed by atoms with Crippen molar-refractivity contribution in [3.63, 3.8) is 0 Å². The Morgan fingerprint density at radius 1 is 1.07 bits per heavy atom. The molecule has 4 rings (SSSR count). The number of ether oxygens (including phenoxy) is 2. The molecule has 0 spiro atoms. The molecule has 0 saturated heterocycles. The maximum Gasteiger partial charge on any atom is 0.224 e. The second-order valence-corrected chi connectivity index (χ2v) is 7.12. The first-order valence-corrected chi connectivity index (χ1v) is 9.77. The van der Waals surface area contributed by atoms with Crippen LogP contribution >= 0.6 is 11.6 Å². The predicted octanol–water partition coefficient (Wildman–Crippen LogP) is 5.26. The van der Waals surface area contributed by atoms with E-state index in [1.165, 1.54) is 0 Å². The molecular weight excluding hydrogens is 400 g/mol. The second-order valence-electron chi connectivity index (χ2n) is 6.68. The van der Waals surface area contributed by atoms with Crippen LogP contribution in [0.15, 0.2) is 71.8 Å². The number of benzene rings is 3. The lowest BCUT2D eigenvalue weighted by Crippen LogP contribution is -2.00. The molecule has 0 saturated carbocycles. The molecular formula is C23H21ClN4O2. The molecule has 0 unspecified atom stereocenters. The Hall–Kier alpha value is -3.51. The third-order valence-corrected chi connectivity index (χ3v) is 4.91. The lowest BCUT2D eigenvalue weighted by Gasteiger charge is -2.11. The minimum absolute atomic E-state index is 0.426. The number of anilines is 1. The number of aryl methyl sites for hydroxylation is 1. The number of hydrogen-bond donors (Lipinski definition) is 1. The molecule has 0 aliphatic heterocycles. The summed E-state index contributed by atoms with van der Waals surface area (Å²) in [6, 6.07) is 21.1. The molecule has 0 aliphatic carbocycles. The minimum atomic E-state index is 0.426. The zero-order valence-corrected chi connectivity index (χ0v) is 17.4. The van der Waals surface area contributed by atoms with Gasteiger partial charge in [0.2, 0.25) is 5.95 Å². The van der Waals surface area contributed by atoms with Crippen molar-refractivity contribution in [2.24, 2.45) is 12.1 Å². The largest absolute Gasteiger partial charge is 0.493 e. The summed E-state index contributed by atoms with van der Waals surface area (Å²) in [6.07, 6.45) is 1.71. The average molecular weight is 421 g/mol. The van der Waals surface area contributed by atoms with Crippen LogP contribution in [0.4, 0.5) is 5.95 Å². The van der Waals surface area contributed by atoms with Crippen LogP contribution in [0.5, 0.6) is 11.5 Å². The van der Waals surface area contributed by atoms with Gasteiger partial charge in [-0.3, -0.25) is 0 Å². The molecule has 152 valence electrons. The van der Waals surface area contributed by atoms with Crippen LogP contribution in [0.25, 0.3) is 11.0 Å². The van der Waals surface area contributed by atoms with Crippen LogP contribution in [0, 0.1) is 0 Å². The summed E-state index contributed by atoms with van der Waals surface area (Å²) in [6.45, 7) is 0.426. The van der Waals surface area contributed by atoms with E-state index in [0.717, 1.165) is 22.2 Å². The number of hydrazone groups is 1. The fraction of sp³-hybridized carbons (Fsp3) is 0.130. The summed E-state index contributed by atoms with van der Waals surface area (Å²) in [7, 11) is 3.56. The number of hydrogen-bond acceptors (Lipinski definition) is 5. The molecule has 3 aromatic carbocycles. The molecule has 4 aromatic rings. The maximum absolute atomic E-state index is 5.92. The van der Waals surface area contributed by atoms with Crippen LogP contribution in [0.3, 0.4) is 0 Å². The van der Waals surface area contributed by atoms with Crippen LogP contribution < -0.4 is 14.9 Å². The molecule has 6 nitrogen and oxygen atoms in total. The smallest absolute Gasteiger partial charge is 0.224 e. The number of methoxy groups -OCH3 is 1. The van der Waals surface area contributed by atoms with Crippen molar-refractivity contribution in [1.82, 2.24) is 9.55 Å². The number of aromatic nitrogens is 2. The number of fused-ring (bicyclic) bond motifs is 1. The first kappa shape index (κ1) is 19.8. The third-order valence-electron chi connectivity index (χ3n) is 4.66. The summed E-state index contributed by atoms with van der Waals surface area (Å²) >= 11 is 5.92. The molecule has 30 heavy (non-hydrogen) atoms. The Labute approximate surface area is 179 Å². The maximum atomic E-state index is 5.92. The van der Waals surface area contributed by atoms with Gasteiger partial charge in [-0.25, -0.2) is 10.4 Å². The summed E-state index contributed by atoms with van der Waals surface area (Å²) in [5.41, 5.74) is 6.85. The van der Waals surface area contributed by atoms with Crippen molar-refractivity contribution >= 4 is 34.8 Å². The number of nitrogens with one attached hydrogen (secondary N) is 1. The molecule has 1 aromatic heterocycles. The van der Waals surface area contributed by atoms with Gasteiger partial charge in [0, 0.05) is 12.1 Å². The third kappa shape index (κ3) is 4.39. The zero-order valence-electron chi connectivity index (χ0n) is 16.7. The van der Waals surface area contributed by atoms with Gasteiger partial charge in [0.05, 0.1) is 24.4 Å². The van der Waals surface area contributed by atoms with Crippen molar-refractivity contribution in [3.05, 3.63) is 82.9 Å².